The predicted molar refractivity (Wildman–Crippen MR) is 107 cm³/mol. The van der Waals surface area contributed by atoms with E-state index in [9.17, 15) is 9.18 Å². The maximum atomic E-state index is 14.1. The van der Waals surface area contributed by atoms with Crippen molar-refractivity contribution in [3.63, 3.8) is 0 Å². The van der Waals surface area contributed by atoms with Gasteiger partial charge in [-0.1, -0.05) is 17.7 Å². The van der Waals surface area contributed by atoms with E-state index < -0.39 is 0 Å². The molecule has 2 N–H and O–H groups in total. The number of aliphatic imine (C=N–C) groups is 1. The van der Waals surface area contributed by atoms with E-state index in [-0.39, 0.29) is 23.7 Å². The number of piperidine rings is 1. The number of rotatable bonds is 5. The molecule has 148 valence electrons. The Balaban J connectivity index is 1.57. The fraction of sp³-hybridized carbons (Fsp3) is 0.600. The van der Waals surface area contributed by atoms with Gasteiger partial charge < -0.3 is 15.5 Å². The molecule has 1 aromatic rings. The number of nitrogens with zero attached hydrogens (tertiary/aromatic N) is 2. The van der Waals surface area contributed by atoms with Crippen molar-refractivity contribution in [1.82, 2.24) is 15.5 Å². The third-order valence-corrected chi connectivity index (χ3v) is 5.78. The predicted octanol–water partition coefficient (Wildman–Crippen LogP) is 3.15. The molecule has 1 aliphatic heterocycles. The van der Waals surface area contributed by atoms with Crippen molar-refractivity contribution < 1.29 is 9.18 Å². The van der Waals surface area contributed by atoms with Gasteiger partial charge in [-0.3, -0.25) is 9.79 Å². The number of carbonyl (C=O) groups excluding carboxylic acids is 1. The van der Waals surface area contributed by atoms with Gasteiger partial charge in [-0.05, 0) is 44.2 Å². The first-order valence-electron chi connectivity index (χ1n) is 9.73. The van der Waals surface area contributed by atoms with Crippen molar-refractivity contribution in [3.8, 4) is 0 Å². The molecule has 0 radical (unpaired) electrons. The molecule has 5 nitrogen and oxygen atoms in total. The van der Waals surface area contributed by atoms with Crippen molar-refractivity contribution in [3.05, 3.63) is 34.6 Å². The maximum absolute atomic E-state index is 14.1. The summed E-state index contributed by atoms with van der Waals surface area (Å²) in [6, 6.07) is 5.01. The third-order valence-electron chi connectivity index (χ3n) is 5.45. The van der Waals surface area contributed by atoms with Gasteiger partial charge in [-0.15, -0.1) is 0 Å². The van der Waals surface area contributed by atoms with Crippen molar-refractivity contribution in [2.24, 2.45) is 10.9 Å². The molecule has 2 fully saturated rings. The minimum absolute atomic E-state index is 0.0894. The molecular weight excluding hydrogens is 367 g/mol. The van der Waals surface area contributed by atoms with Gasteiger partial charge in [0, 0.05) is 55.6 Å². The molecule has 0 spiro atoms. The summed E-state index contributed by atoms with van der Waals surface area (Å²) in [5.41, 5.74) is 0.608. The quantitative estimate of drug-likeness (QED) is 0.595. The fourth-order valence-electron chi connectivity index (χ4n) is 3.80. The number of benzene rings is 1. The highest BCUT2D eigenvalue weighted by atomic mass is 35.5. The van der Waals surface area contributed by atoms with E-state index in [1.54, 1.807) is 19.2 Å². The molecule has 0 bridgehead atoms. The SMILES string of the molecule is CCN=C(NC1CC1c1c(F)cccc1Cl)N1CCC(CC(=O)NC)CC1. The minimum atomic E-state index is -0.235. The molecular formula is C20H28ClFN4O. The number of hydrogen-bond acceptors (Lipinski definition) is 2. The molecule has 2 unspecified atom stereocenters. The number of amides is 1. The summed E-state index contributed by atoms with van der Waals surface area (Å²) in [7, 11) is 1.68. The van der Waals surface area contributed by atoms with Crippen molar-refractivity contribution in [2.45, 2.75) is 44.6 Å². The first kappa shape index (κ1) is 19.9. The van der Waals surface area contributed by atoms with Crippen LogP contribution in [-0.4, -0.2) is 49.5 Å². The van der Waals surface area contributed by atoms with Crippen molar-refractivity contribution >= 4 is 23.5 Å². The largest absolute Gasteiger partial charge is 0.359 e. The molecule has 1 heterocycles. The summed E-state index contributed by atoms with van der Waals surface area (Å²) in [6.45, 7) is 4.47. The van der Waals surface area contributed by atoms with Gasteiger partial charge in [0.05, 0.1) is 0 Å². The molecule has 27 heavy (non-hydrogen) atoms. The molecule has 2 atom stereocenters. The standard InChI is InChI=1S/C20H28ClFN4O/c1-3-24-20(26-9-7-13(8-10-26)11-18(27)23-2)25-17-12-14(17)19-15(21)5-4-6-16(19)22/h4-6,13-14,17H,3,7-12H2,1-2H3,(H,23,27)(H,24,25). The number of hydrogen-bond donors (Lipinski definition) is 2. The molecule has 2 aliphatic rings. The van der Waals surface area contributed by atoms with Crippen LogP contribution in [0.15, 0.2) is 23.2 Å². The highest BCUT2D eigenvalue weighted by Crippen LogP contribution is 2.45. The summed E-state index contributed by atoms with van der Waals surface area (Å²) < 4.78 is 14.1. The van der Waals surface area contributed by atoms with Crippen LogP contribution in [0.5, 0.6) is 0 Å². The van der Waals surface area contributed by atoms with Crippen LogP contribution >= 0.6 is 11.6 Å². The number of nitrogens with one attached hydrogen (secondary N) is 2. The van der Waals surface area contributed by atoms with Gasteiger partial charge >= 0.3 is 0 Å². The zero-order chi connectivity index (χ0) is 19.4. The van der Waals surface area contributed by atoms with Crippen LogP contribution in [0.25, 0.3) is 0 Å². The lowest BCUT2D eigenvalue weighted by Crippen LogP contribution is -2.47. The van der Waals surface area contributed by atoms with Gasteiger partial charge in [-0.2, -0.15) is 0 Å². The summed E-state index contributed by atoms with van der Waals surface area (Å²) in [6.07, 6.45) is 3.40. The molecule has 1 aliphatic carbocycles. The lowest BCUT2D eigenvalue weighted by atomic mass is 9.93. The summed E-state index contributed by atoms with van der Waals surface area (Å²) in [4.78, 5) is 18.5. The Morgan fingerprint density at radius 1 is 1.37 bits per heavy atom. The van der Waals surface area contributed by atoms with Crippen LogP contribution in [0.3, 0.4) is 0 Å². The Morgan fingerprint density at radius 3 is 2.74 bits per heavy atom. The minimum Gasteiger partial charge on any atom is -0.359 e. The zero-order valence-corrected chi connectivity index (χ0v) is 16.7. The number of carbonyl (C=O) groups is 1. The van der Waals surface area contributed by atoms with Gasteiger partial charge in [-0.25, -0.2) is 4.39 Å². The zero-order valence-electron chi connectivity index (χ0n) is 16.0. The topological polar surface area (TPSA) is 56.7 Å². The van der Waals surface area contributed by atoms with Crippen LogP contribution in [-0.2, 0) is 4.79 Å². The third kappa shape index (κ3) is 4.92. The average Bonchev–Trinajstić information content (AvgIpc) is 3.40. The molecule has 1 amide bonds. The summed E-state index contributed by atoms with van der Waals surface area (Å²) in [5, 5.41) is 6.70. The second kappa shape index (κ2) is 8.91. The van der Waals surface area contributed by atoms with Gasteiger partial charge in [0.1, 0.15) is 5.82 Å². The van der Waals surface area contributed by atoms with E-state index in [4.69, 9.17) is 11.6 Å². The molecule has 1 aromatic carbocycles. The first-order chi connectivity index (χ1) is 13.0. The molecule has 1 saturated carbocycles. The van der Waals surface area contributed by atoms with E-state index in [0.717, 1.165) is 38.3 Å². The average molecular weight is 395 g/mol. The maximum Gasteiger partial charge on any atom is 0.220 e. The summed E-state index contributed by atoms with van der Waals surface area (Å²) >= 11 is 6.20. The second-order valence-corrected chi connectivity index (χ2v) is 7.74. The van der Waals surface area contributed by atoms with E-state index in [1.807, 2.05) is 6.92 Å². The Bertz CT molecular complexity index is 683. The van der Waals surface area contributed by atoms with E-state index >= 15 is 0 Å². The van der Waals surface area contributed by atoms with E-state index in [1.165, 1.54) is 6.07 Å². The Labute approximate surface area is 165 Å². The molecule has 0 aromatic heterocycles. The van der Waals surface area contributed by atoms with Gasteiger partial charge in [0.15, 0.2) is 5.96 Å². The lowest BCUT2D eigenvalue weighted by molar-refractivity contribution is -0.121. The Morgan fingerprint density at radius 2 is 2.11 bits per heavy atom. The van der Waals surface area contributed by atoms with Crippen LogP contribution in [0, 0.1) is 11.7 Å². The first-order valence-corrected chi connectivity index (χ1v) is 10.1. The lowest BCUT2D eigenvalue weighted by Gasteiger charge is -2.34. The number of guanidine groups is 1. The Hall–Kier alpha value is -1.82. The number of likely N-dealkylation sites (tertiary alicyclic amines) is 1. The monoisotopic (exact) mass is 394 g/mol. The van der Waals surface area contributed by atoms with Crippen molar-refractivity contribution in [2.75, 3.05) is 26.7 Å². The summed E-state index contributed by atoms with van der Waals surface area (Å²) in [5.74, 6) is 1.27. The van der Waals surface area contributed by atoms with Crippen molar-refractivity contribution in [1.29, 1.82) is 0 Å². The fourth-order valence-corrected chi connectivity index (χ4v) is 4.11. The van der Waals surface area contributed by atoms with Gasteiger partial charge in [0.25, 0.3) is 0 Å². The van der Waals surface area contributed by atoms with Crippen LogP contribution in [0.2, 0.25) is 5.02 Å². The van der Waals surface area contributed by atoms with Gasteiger partial charge in [0.2, 0.25) is 5.91 Å². The van der Waals surface area contributed by atoms with Crippen LogP contribution in [0.1, 0.15) is 44.1 Å². The highest BCUT2D eigenvalue weighted by Gasteiger charge is 2.42. The Kier molecular flexibility index (Phi) is 6.58. The molecule has 7 heteroatoms. The number of halogens is 2. The van der Waals surface area contributed by atoms with E-state index in [2.05, 4.69) is 20.5 Å². The highest BCUT2D eigenvalue weighted by molar-refractivity contribution is 6.31. The second-order valence-electron chi connectivity index (χ2n) is 7.33. The smallest absolute Gasteiger partial charge is 0.220 e. The van der Waals surface area contributed by atoms with Crippen LogP contribution in [0.4, 0.5) is 4.39 Å². The van der Waals surface area contributed by atoms with E-state index in [0.29, 0.717) is 29.5 Å². The van der Waals surface area contributed by atoms with Crippen LogP contribution < -0.4 is 10.6 Å². The normalized spacial score (nSPS) is 23.3. The molecule has 3 rings (SSSR count). The molecule has 1 saturated heterocycles.